The van der Waals surface area contributed by atoms with Gasteiger partial charge in [0.1, 0.15) is 12.2 Å². The van der Waals surface area contributed by atoms with Gasteiger partial charge in [-0.3, -0.25) is 0 Å². The molecule has 8 heteroatoms. The van der Waals surface area contributed by atoms with Crippen molar-refractivity contribution < 1.29 is 23.7 Å². The monoisotopic (exact) mass is 469 g/mol. The SMILES string of the molecule is CCCCOCC1O[C@H](C)C(C)[C@@H](OCCCC)[C@@H]1O[C@@H]1OC(CC)[C@@H](C)[C@H](C)C1N=[N+]=[N-]. The lowest BCUT2D eigenvalue weighted by molar-refractivity contribution is -0.305. The van der Waals surface area contributed by atoms with E-state index in [-0.39, 0.29) is 48.3 Å². The molecule has 0 saturated carbocycles. The summed E-state index contributed by atoms with van der Waals surface area (Å²) in [4.78, 5) is 3.11. The molecule has 0 aromatic carbocycles. The van der Waals surface area contributed by atoms with Crippen LogP contribution in [0.15, 0.2) is 5.11 Å². The van der Waals surface area contributed by atoms with Crippen LogP contribution in [0.5, 0.6) is 0 Å². The van der Waals surface area contributed by atoms with Crippen molar-refractivity contribution in [2.24, 2.45) is 22.9 Å². The van der Waals surface area contributed by atoms with E-state index in [9.17, 15) is 5.53 Å². The van der Waals surface area contributed by atoms with E-state index in [0.717, 1.165) is 32.1 Å². The lowest BCUT2D eigenvalue weighted by Crippen LogP contribution is -2.60. The van der Waals surface area contributed by atoms with Gasteiger partial charge in [-0.1, -0.05) is 59.5 Å². The Morgan fingerprint density at radius 1 is 0.848 bits per heavy atom. The number of hydrogen-bond acceptors (Lipinski definition) is 6. The van der Waals surface area contributed by atoms with Gasteiger partial charge in [0.25, 0.3) is 0 Å². The van der Waals surface area contributed by atoms with Gasteiger partial charge in [-0.2, -0.15) is 0 Å². The average Bonchev–Trinajstić information content (AvgIpc) is 2.80. The first-order valence-corrected chi connectivity index (χ1v) is 13.1. The van der Waals surface area contributed by atoms with Crippen LogP contribution < -0.4 is 0 Å². The number of ether oxygens (including phenoxy) is 5. The van der Waals surface area contributed by atoms with Crippen molar-refractivity contribution in [2.45, 2.75) is 123 Å². The van der Waals surface area contributed by atoms with Crippen molar-refractivity contribution in [3.8, 4) is 0 Å². The summed E-state index contributed by atoms with van der Waals surface area (Å²) in [5.74, 6) is 0.569. The highest BCUT2D eigenvalue weighted by molar-refractivity contribution is 4.95. The summed E-state index contributed by atoms with van der Waals surface area (Å²) in [7, 11) is 0. The lowest BCUT2D eigenvalue weighted by atomic mass is 9.81. The van der Waals surface area contributed by atoms with Crippen LogP contribution in [0.4, 0.5) is 0 Å². The van der Waals surface area contributed by atoms with Crippen LogP contribution in [0, 0.1) is 17.8 Å². The second kappa shape index (κ2) is 14.5. The molecule has 0 aromatic heterocycles. The molecule has 2 fully saturated rings. The first-order chi connectivity index (χ1) is 15.9. The van der Waals surface area contributed by atoms with Crippen molar-refractivity contribution in [3.05, 3.63) is 10.4 Å². The van der Waals surface area contributed by atoms with E-state index in [1.54, 1.807) is 0 Å². The molecule has 2 saturated heterocycles. The molecule has 2 aliphatic rings. The smallest absolute Gasteiger partial charge is 0.167 e. The van der Waals surface area contributed by atoms with Crippen molar-refractivity contribution in [1.29, 1.82) is 0 Å². The highest BCUT2D eigenvalue weighted by atomic mass is 16.7. The van der Waals surface area contributed by atoms with Gasteiger partial charge in [0.2, 0.25) is 0 Å². The van der Waals surface area contributed by atoms with Gasteiger partial charge >= 0.3 is 0 Å². The molecule has 0 N–H and O–H groups in total. The van der Waals surface area contributed by atoms with Crippen LogP contribution >= 0.6 is 0 Å². The number of rotatable bonds is 13. The molecule has 0 radical (unpaired) electrons. The third kappa shape index (κ3) is 7.55. The van der Waals surface area contributed by atoms with Crippen LogP contribution in [-0.2, 0) is 23.7 Å². The minimum absolute atomic E-state index is 0.0267. The molecule has 0 spiro atoms. The third-order valence-electron chi connectivity index (χ3n) is 7.49. The fourth-order valence-corrected chi connectivity index (χ4v) is 4.84. The number of unbranched alkanes of at least 4 members (excludes halogenated alkanes) is 2. The van der Waals surface area contributed by atoms with Gasteiger partial charge in [0.05, 0.1) is 31.0 Å². The Labute approximate surface area is 200 Å². The van der Waals surface area contributed by atoms with Gasteiger partial charge < -0.3 is 23.7 Å². The van der Waals surface area contributed by atoms with E-state index in [0.29, 0.717) is 19.8 Å². The molecule has 0 amide bonds. The van der Waals surface area contributed by atoms with E-state index in [1.807, 2.05) is 0 Å². The van der Waals surface area contributed by atoms with E-state index in [2.05, 4.69) is 58.5 Å². The Hall–Kier alpha value is -0.890. The Morgan fingerprint density at radius 2 is 1.55 bits per heavy atom. The predicted molar refractivity (Wildman–Crippen MR) is 129 cm³/mol. The van der Waals surface area contributed by atoms with Crippen molar-refractivity contribution >= 4 is 0 Å². The molecule has 0 aromatic rings. The molecular formula is C25H47N3O5. The maximum atomic E-state index is 9.24. The summed E-state index contributed by atoms with van der Waals surface area (Å²) in [6.45, 7) is 16.8. The molecule has 8 nitrogen and oxygen atoms in total. The number of azide groups is 1. The minimum atomic E-state index is -0.637. The van der Waals surface area contributed by atoms with E-state index >= 15 is 0 Å². The first-order valence-electron chi connectivity index (χ1n) is 13.1. The minimum Gasteiger partial charge on any atom is -0.379 e. The van der Waals surface area contributed by atoms with Crippen LogP contribution in [-0.4, -0.2) is 62.7 Å². The van der Waals surface area contributed by atoms with Gasteiger partial charge in [0.15, 0.2) is 6.29 Å². The topological polar surface area (TPSA) is 94.9 Å². The van der Waals surface area contributed by atoms with Crippen LogP contribution in [0.3, 0.4) is 0 Å². The highest BCUT2D eigenvalue weighted by Crippen LogP contribution is 2.38. The van der Waals surface area contributed by atoms with Gasteiger partial charge in [-0.05, 0) is 43.6 Å². The molecule has 2 aliphatic heterocycles. The number of hydrogen-bond donors (Lipinski definition) is 0. The van der Waals surface area contributed by atoms with Crippen molar-refractivity contribution in [1.82, 2.24) is 0 Å². The highest BCUT2D eigenvalue weighted by Gasteiger charge is 2.48. The molecule has 4 unspecified atom stereocenters. The first kappa shape index (κ1) is 28.3. The Bertz CT molecular complexity index is 603. The van der Waals surface area contributed by atoms with E-state index in [1.165, 1.54) is 0 Å². The number of nitrogens with zero attached hydrogens (tertiary/aromatic N) is 3. The van der Waals surface area contributed by atoms with E-state index in [4.69, 9.17) is 23.7 Å². The Morgan fingerprint density at radius 3 is 2.18 bits per heavy atom. The molecule has 2 heterocycles. The Balaban J connectivity index is 2.28. The average molecular weight is 470 g/mol. The second-order valence-electron chi connectivity index (χ2n) is 9.82. The molecule has 192 valence electrons. The summed E-state index contributed by atoms with van der Waals surface area (Å²) in [5, 5.41) is 4.09. The zero-order valence-corrected chi connectivity index (χ0v) is 21.8. The largest absolute Gasteiger partial charge is 0.379 e. The molecule has 2 rings (SSSR count). The zero-order valence-electron chi connectivity index (χ0n) is 21.8. The molecular weight excluding hydrogens is 422 g/mol. The maximum absolute atomic E-state index is 9.24. The van der Waals surface area contributed by atoms with Crippen molar-refractivity contribution in [3.63, 3.8) is 0 Å². The molecule has 0 bridgehead atoms. The third-order valence-corrected chi connectivity index (χ3v) is 7.49. The summed E-state index contributed by atoms with van der Waals surface area (Å²) < 4.78 is 31.8. The molecule has 33 heavy (non-hydrogen) atoms. The predicted octanol–water partition coefficient (Wildman–Crippen LogP) is 5.88. The second-order valence-corrected chi connectivity index (χ2v) is 9.82. The van der Waals surface area contributed by atoms with Crippen LogP contribution in [0.2, 0.25) is 0 Å². The summed E-state index contributed by atoms with van der Waals surface area (Å²) >= 11 is 0. The summed E-state index contributed by atoms with van der Waals surface area (Å²) in [6.07, 6.45) is 3.69. The lowest BCUT2D eigenvalue weighted by Gasteiger charge is -2.49. The van der Waals surface area contributed by atoms with E-state index < -0.39 is 12.3 Å². The fraction of sp³-hybridized carbons (Fsp3) is 1.00. The van der Waals surface area contributed by atoms with Crippen molar-refractivity contribution in [2.75, 3.05) is 19.8 Å². The summed E-state index contributed by atoms with van der Waals surface area (Å²) in [5.41, 5.74) is 9.24. The maximum Gasteiger partial charge on any atom is 0.167 e. The van der Waals surface area contributed by atoms with Gasteiger partial charge in [-0.15, -0.1) is 0 Å². The Kier molecular flexibility index (Phi) is 12.5. The quantitative estimate of drug-likeness (QED) is 0.145. The normalized spacial score (nSPS) is 39.2. The molecule has 10 atom stereocenters. The molecule has 0 aliphatic carbocycles. The fourth-order valence-electron chi connectivity index (χ4n) is 4.84. The van der Waals surface area contributed by atoms with Crippen LogP contribution in [0.25, 0.3) is 10.4 Å². The summed E-state index contributed by atoms with van der Waals surface area (Å²) in [6, 6.07) is -0.402. The van der Waals surface area contributed by atoms with Gasteiger partial charge in [0, 0.05) is 24.0 Å². The zero-order chi connectivity index (χ0) is 24.4. The van der Waals surface area contributed by atoms with Crippen LogP contribution in [0.1, 0.15) is 80.6 Å². The standard InChI is InChI=1S/C25H47N3O5/c1-8-11-13-29-15-21-24(23(30-14-12-9-2)18(6)19(7)31-21)33-25-22(27-28-26)17(5)16(4)20(10-3)32-25/h16-25H,8-15H2,1-7H3/t16-,17-,18?,19+,20?,21?,22?,23+,24+,25-/m0/s1. The van der Waals surface area contributed by atoms with Gasteiger partial charge in [-0.25, -0.2) is 0 Å².